The summed E-state index contributed by atoms with van der Waals surface area (Å²) in [5.74, 6) is -0.134. The predicted octanol–water partition coefficient (Wildman–Crippen LogP) is 1.65. The van der Waals surface area contributed by atoms with Crippen LogP contribution < -0.4 is 5.56 Å². The maximum atomic E-state index is 12.8. The minimum absolute atomic E-state index is 0.148. The summed E-state index contributed by atoms with van der Waals surface area (Å²) in [6.45, 7) is 3.38. The van der Waals surface area contributed by atoms with Gasteiger partial charge in [-0.05, 0) is 18.6 Å². The van der Waals surface area contributed by atoms with E-state index in [2.05, 4.69) is 5.10 Å². The van der Waals surface area contributed by atoms with Crippen molar-refractivity contribution in [2.45, 2.75) is 26.4 Å². The van der Waals surface area contributed by atoms with E-state index in [1.807, 2.05) is 13.0 Å². The van der Waals surface area contributed by atoms with Crippen LogP contribution in [0.3, 0.4) is 0 Å². The summed E-state index contributed by atoms with van der Waals surface area (Å²) in [5.41, 5.74) is 0.577. The fourth-order valence-corrected chi connectivity index (χ4v) is 2.44. The third-order valence-corrected chi connectivity index (χ3v) is 3.73. The van der Waals surface area contributed by atoms with Crippen molar-refractivity contribution in [2.24, 2.45) is 0 Å². The van der Waals surface area contributed by atoms with Gasteiger partial charge in [0.15, 0.2) is 0 Å². The van der Waals surface area contributed by atoms with Crippen molar-refractivity contribution >= 4 is 5.91 Å². The number of phenolic OH excluding ortho intramolecular Hbond substituents is 1. The Kier molecular flexibility index (Phi) is 6.71. The highest BCUT2D eigenvalue weighted by Gasteiger charge is 2.19. The van der Waals surface area contributed by atoms with E-state index in [0.717, 1.165) is 6.42 Å². The fraction of sp³-hybridized carbons (Fsp3) is 0.389. The molecule has 0 atom stereocenters. The number of hydrogen-bond donors (Lipinski definition) is 1. The smallest absolute Gasteiger partial charge is 0.274 e. The van der Waals surface area contributed by atoms with Gasteiger partial charge in [-0.15, -0.1) is 0 Å². The molecular weight excluding hydrogens is 322 g/mol. The summed E-state index contributed by atoms with van der Waals surface area (Å²) in [6.07, 6.45) is 0.767. The predicted molar refractivity (Wildman–Crippen MR) is 93.5 cm³/mol. The number of methoxy groups -OCH3 is 1. The van der Waals surface area contributed by atoms with Gasteiger partial charge >= 0.3 is 0 Å². The first-order valence-corrected chi connectivity index (χ1v) is 8.20. The van der Waals surface area contributed by atoms with Crippen LogP contribution in [0.15, 0.2) is 41.2 Å². The van der Waals surface area contributed by atoms with Crippen LogP contribution in [0.4, 0.5) is 0 Å². The van der Waals surface area contributed by atoms with Crippen molar-refractivity contribution < 1.29 is 14.6 Å². The van der Waals surface area contributed by atoms with Gasteiger partial charge in [-0.3, -0.25) is 9.59 Å². The second-order valence-corrected chi connectivity index (χ2v) is 5.63. The number of para-hydroxylation sites is 1. The highest BCUT2D eigenvalue weighted by atomic mass is 16.5. The van der Waals surface area contributed by atoms with Crippen LogP contribution in [0, 0.1) is 0 Å². The molecule has 0 aliphatic carbocycles. The molecule has 0 saturated carbocycles. The molecule has 7 nitrogen and oxygen atoms in total. The molecule has 2 aromatic rings. The average Bonchev–Trinajstić information content (AvgIpc) is 2.62. The first-order valence-electron chi connectivity index (χ1n) is 8.20. The maximum Gasteiger partial charge on any atom is 0.274 e. The summed E-state index contributed by atoms with van der Waals surface area (Å²) >= 11 is 0. The fourth-order valence-electron chi connectivity index (χ4n) is 2.44. The lowest BCUT2D eigenvalue weighted by Gasteiger charge is -2.22. The van der Waals surface area contributed by atoms with Crippen LogP contribution in [0.5, 0.6) is 5.75 Å². The van der Waals surface area contributed by atoms with Gasteiger partial charge in [0.05, 0.1) is 13.2 Å². The lowest BCUT2D eigenvalue weighted by atomic mass is 10.1. The summed E-state index contributed by atoms with van der Waals surface area (Å²) in [5, 5.41) is 14.1. The zero-order valence-corrected chi connectivity index (χ0v) is 14.5. The summed E-state index contributed by atoms with van der Waals surface area (Å²) < 4.78 is 6.18. The van der Waals surface area contributed by atoms with Crippen LogP contribution >= 0.6 is 0 Å². The van der Waals surface area contributed by atoms with Crippen molar-refractivity contribution in [1.82, 2.24) is 14.7 Å². The minimum Gasteiger partial charge on any atom is -0.508 e. The Morgan fingerprint density at radius 1 is 1.28 bits per heavy atom. The van der Waals surface area contributed by atoms with E-state index in [0.29, 0.717) is 18.7 Å². The SMILES string of the molecule is CCCN(Cc1ccccc1O)C(=O)c1ccc(=O)n(CCOC)n1. The first kappa shape index (κ1) is 18.7. The number of aromatic hydroxyl groups is 1. The molecule has 0 unspecified atom stereocenters. The number of aromatic nitrogens is 2. The third-order valence-electron chi connectivity index (χ3n) is 3.73. The van der Waals surface area contributed by atoms with Gasteiger partial charge in [0.25, 0.3) is 11.5 Å². The van der Waals surface area contributed by atoms with Crippen molar-refractivity contribution in [3.8, 4) is 5.75 Å². The number of nitrogens with zero attached hydrogens (tertiary/aromatic N) is 3. The lowest BCUT2D eigenvalue weighted by molar-refractivity contribution is 0.0732. The van der Waals surface area contributed by atoms with Gasteiger partial charge in [-0.2, -0.15) is 5.10 Å². The summed E-state index contributed by atoms with van der Waals surface area (Å²) in [7, 11) is 1.54. The standard InChI is InChI=1S/C18H23N3O4/c1-3-10-20(13-14-6-4-5-7-16(14)22)18(24)15-8-9-17(23)21(19-15)11-12-25-2/h4-9,22H,3,10-13H2,1-2H3. The highest BCUT2D eigenvalue weighted by Crippen LogP contribution is 2.18. The Bertz CT molecular complexity index is 773. The monoisotopic (exact) mass is 345 g/mol. The van der Waals surface area contributed by atoms with Crippen LogP contribution in [0.2, 0.25) is 0 Å². The zero-order valence-electron chi connectivity index (χ0n) is 14.5. The molecule has 0 fully saturated rings. The lowest BCUT2D eigenvalue weighted by Crippen LogP contribution is -2.34. The second kappa shape index (κ2) is 8.98. The molecule has 25 heavy (non-hydrogen) atoms. The molecule has 0 radical (unpaired) electrons. The Labute approximate surface area is 146 Å². The molecule has 7 heteroatoms. The molecular formula is C18H23N3O4. The maximum absolute atomic E-state index is 12.8. The van der Waals surface area contributed by atoms with Gasteiger partial charge in [0.2, 0.25) is 0 Å². The molecule has 1 aromatic carbocycles. The molecule has 0 aliphatic heterocycles. The minimum atomic E-state index is -0.281. The van der Waals surface area contributed by atoms with E-state index in [9.17, 15) is 14.7 Å². The molecule has 1 aromatic heterocycles. The molecule has 0 aliphatic rings. The highest BCUT2D eigenvalue weighted by molar-refractivity contribution is 5.92. The van der Waals surface area contributed by atoms with Gasteiger partial charge < -0.3 is 14.7 Å². The van der Waals surface area contributed by atoms with Crippen molar-refractivity contribution in [1.29, 1.82) is 0 Å². The number of carbonyl (C=O) groups excluding carboxylic acids is 1. The summed E-state index contributed by atoms with van der Waals surface area (Å²) in [4.78, 5) is 26.3. The summed E-state index contributed by atoms with van der Waals surface area (Å²) in [6, 6.07) is 9.68. The number of phenols is 1. The second-order valence-electron chi connectivity index (χ2n) is 5.63. The number of benzene rings is 1. The van der Waals surface area contributed by atoms with Gasteiger partial charge in [0.1, 0.15) is 11.4 Å². The Morgan fingerprint density at radius 2 is 2.04 bits per heavy atom. The third kappa shape index (κ3) is 4.90. The number of carbonyl (C=O) groups is 1. The van der Waals surface area contributed by atoms with E-state index >= 15 is 0 Å². The van der Waals surface area contributed by atoms with E-state index in [1.165, 1.54) is 23.9 Å². The van der Waals surface area contributed by atoms with Gasteiger partial charge in [-0.1, -0.05) is 25.1 Å². The van der Waals surface area contributed by atoms with Crippen molar-refractivity contribution in [2.75, 3.05) is 20.3 Å². The van der Waals surface area contributed by atoms with Gasteiger partial charge in [-0.25, -0.2) is 4.68 Å². The van der Waals surface area contributed by atoms with Crippen molar-refractivity contribution in [3.05, 3.63) is 58.0 Å². The normalized spacial score (nSPS) is 10.6. The first-order chi connectivity index (χ1) is 12.1. The molecule has 1 heterocycles. The largest absolute Gasteiger partial charge is 0.508 e. The zero-order chi connectivity index (χ0) is 18.2. The quantitative estimate of drug-likeness (QED) is 0.786. The van der Waals surface area contributed by atoms with E-state index in [1.54, 1.807) is 23.1 Å². The molecule has 0 saturated heterocycles. The Hall–Kier alpha value is -2.67. The van der Waals surface area contributed by atoms with Crippen LogP contribution in [-0.2, 0) is 17.8 Å². The van der Waals surface area contributed by atoms with E-state index in [-0.39, 0.29) is 36.0 Å². The number of ether oxygens (including phenoxy) is 1. The average molecular weight is 345 g/mol. The topological polar surface area (TPSA) is 84.7 Å². The van der Waals surface area contributed by atoms with E-state index in [4.69, 9.17) is 4.74 Å². The number of rotatable bonds is 8. The number of hydrogen-bond acceptors (Lipinski definition) is 5. The van der Waals surface area contributed by atoms with Crippen LogP contribution in [0.25, 0.3) is 0 Å². The van der Waals surface area contributed by atoms with Crippen molar-refractivity contribution in [3.63, 3.8) is 0 Å². The van der Waals surface area contributed by atoms with Crippen LogP contribution in [0.1, 0.15) is 29.4 Å². The van der Waals surface area contributed by atoms with Crippen LogP contribution in [-0.4, -0.2) is 46.0 Å². The molecule has 0 bridgehead atoms. The molecule has 2 rings (SSSR count). The molecule has 134 valence electrons. The Balaban J connectivity index is 2.25. The molecule has 1 amide bonds. The van der Waals surface area contributed by atoms with Gasteiger partial charge in [0, 0.05) is 31.8 Å². The molecule has 1 N–H and O–H groups in total. The van der Waals surface area contributed by atoms with E-state index < -0.39 is 0 Å². The molecule has 0 spiro atoms. The number of amides is 1. The Morgan fingerprint density at radius 3 is 2.72 bits per heavy atom.